The molecule has 0 bridgehead atoms. The highest BCUT2D eigenvalue weighted by molar-refractivity contribution is 7.89. The van der Waals surface area contributed by atoms with E-state index in [9.17, 15) is 8.42 Å². The molecule has 0 spiro atoms. The third kappa shape index (κ3) is 3.79. The van der Waals surface area contributed by atoms with E-state index in [4.69, 9.17) is 10.3 Å². The van der Waals surface area contributed by atoms with Crippen LogP contribution in [0.2, 0.25) is 0 Å². The minimum absolute atomic E-state index is 0.182. The summed E-state index contributed by atoms with van der Waals surface area (Å²) in [4.78, 5) is 4.23. The van der Waals surface area contributed by atoms with E-state index in [-0.39, 0.29) is 11.4 Å². The van der Waals surface area contributed by atoms with Crippen LogP contribution in [0.4, 0.5) is 5.69 Å². The van der Waals surface area contributed by atoms with Gasteiger partial charge in [-0.3, -0.25) is 0 Å². The summed E-state index contributed by atoms with van der Waals surface area (Å²) in [6, 6.07) is 4.89. The second-order valence-electron chi connectivity index (χ2n) is 4.60. The van der Waals surface area contributed by atoms with Crippen molar-refractivity contribution < 1.29 is 12.9 Å². The smallest absolute Gasteiger partial charge is 0.240 e. The summed E-state index contributed by atoms with van der Waals surface area (Å²) >= 11 is 0. The monoisotopic (exact) mass is 310 g/mol. The summed E-state index contributed by atoms with van der Waals surface area (Å²) in [5.41, 5.74) is 6.82. The molecule has 7 nitrogen and oxygen atoms in total. The zero-order chi connectivity index (χ0) is 15.5. The van der Waals surface area contributed by atoms with Crippen LogP contribution in [0.25, 0.3) is 0 Å². The molecule has 2 rings (SSSR count). The number of anilines is 1. The van der Waals surface area contributed by atoms with Crippen molar-refractivity contribution in [3.8, 4) is 0 Å². The Morgan fingerprint density at radius 2 is 2.14 bits per heavy atom. The first kappa shape index (κ1) is 15.5. The Kier molecular flexibility index (Phi) is 4.59. The lowest BCUT2D eigenvalue weighted by molar-refractivity contribution is 0.375. The summed E-state index contributed by atoms with van der Waals surface area (Å²) in [6.45, 7) is 3.78. The zero-order valence-electron chi connectivity index (χ0n) is 12.0. The number of benzene rings is 1. The van der Waals surface area contributed by atoms with Gasteiger partial charge in [-0.15, -0.1) is 0 Å². The summed E-state index contributed by atoms with van der Waals surface area (Å²) in [6.07, 6.45) is 0.948. The van der Waals surface area contributed by atoms with Gasteiger partial charge in [0.1, 0.15) is 0 Å². The SMILES string of the molecule is CCc1ccc(N)cc1S(=O)(=O)NCCc1nc(C)no1. The number of hydrogen-bond donors (Lipinski definition) is 2. The number of aryl methyl sites for hydroxylation is 2. The molecule has 8 heteroatoms. The molecule has 0 aliphatic heterocycles. The van der Waals surface area contributed by atoms with E-state index < -0.39 is 10.0 Å². The molecule has 0 saturated carbocycles. The number of sulfonamides is 1. The van der Waals surface area contributed by atoms with Crippen molar-refractivity contribution in [2.75, 3.05) is 12.3 Å². The normalized spacial score (nSPS) is 11.7. The summed E-state index contributed by atoms with van der Waals surface area (Å²) in [5, 5.41) is 3.65. The first-order valence-corrected chi connectivity index (χ1v) is 8.08. The number of nitrogen functional groups attached to an aromatic ring is 1. The Morgan fingerprint density at radius 3 is 2.76 bits per heavy atom. The number of nitrogens with one attached hydrogen (secondary N) is 1. The highest BCUT2D eigenvalue weighted by Gasteiger charge is 2.18. The lowest BCUT2D eigenvalue weighted by Crippen LogP contribution is -2.27. The molecule has 1 aromatic carbocycles. The molecule has 2 aromatic rings. The Hall–Kier alpha value is -1.93. The molecule has 0 unspecified atom stereocenters. The lowest BCUT2D eigenvalue weighted by Gasteiger charge is -2.10. The van der Waals surface area contributed by atoms with Gasteiger partial charge in [0.25, 0.3) is 0 Å². The van der Waals surface area contributed by atoms with E-state index in [1.165, 1.54) is 6.07 Å². The summed E-state index contributed by atoms with van der Waals surface area (Å²) < 4.78 is 32.1. The number of aromatic nitrogens is 2. The minimum Gasteiger partial charge on any atom is -0.399 e. The van der Waals surface area contributed by atoms with Gasteiger partial charge >= 0.3 is 0 Å². The maximum Gasteiger partial charge on any atom is 0.240 e. The predicted octanol–water partition coefficient (Wildman–Crippen LogP) is 1.04. The summed E-state index contributed by atoms with van der Waals surface area (Å²) in [7, 11) is -3.61. The molecule has 0 atom stereocenters. The van der Waals surface area contributed by atoms with Crippen LogP contribution in [0.15, 0.2) is 27.6 Å². The van der Waals surface area contributed by atoms with Gasteiger partial charge in [-0.1, -0.05) is 18.1 Å². The molecule has 0 radical (unpaired) electrons. The molecular formula is C13H18N4O3S. The van der Waals surface area contributed by atoms with Gasteiger partial charge in [-0.05, 0) is 31.0 Å². The highest BCUT2D eigenvalue weighted by atomic mass is 32.2. The topological polar surface area (TPSA) is 111 Å². The number of nitrogens with two attached hydrogens (primary N) is 1. The van der Waals surface area contributed by atoms with E-state index in [0.29, 0.717) is 30.2 Å². The molecule has 0 aliphatic carbocycles. The van der Waals surface area contributed by atoms with E-state index in [2.05, 4.69) is 14.9 Å². The van der Waals surface area contributed by atoms with Gasteiger partial charge < -0.3 is 10.3 Å². The molecule has 0 amide bonds. The van der Waals surface area contributed by atoms with Crippen molar-refractivity contribution in [2.24, 2.45) is 0 Å². The fourth-order valence-electron chi connectivity index (χ4n) is 1.93. The van der Waals surface area contributed by atoms with Crippen molar-refractivity contribution in [3.63, 3.8) is 0 Å². The van der Waals surface area contributed by atoms with Crippen LogP contribution < -0.4 is 10.5 Å². The van der Waals surface area contributed by atoms with Crippen LogP contribution in [-0.2, 0) is 22.9 Å². The molecular weight excluding hydrogens is 292 g/mol. The van der Waals surface area contributed by atoms with Crippen molar-refractivity contribution in [2.45, 2.75) is 31.6 Å². The number of nitrogens with zero attached hydrogens (tertiary/aromatic N) is 2. The van der Waals surface area contributed by atoms with Gasteiger partial charge in [0.2, 0.25) is 15.9 Å². The molecule has 0 aliphatic rings. The Bertz CT molecular complexity index is 725. The van der Waals surface area contributed by atoms with Gasteiger partial charge in [-0.2, -0.15) is 4.98 Å². The molecule has 0 saturated heterocycles. The number of hydrogen-bond acceptors (Lipinski definition) is 6. The van der Waals surface area contributed by atoms with Crippen LogP contribution in [0.3, 0.4) is 0 Å². The second-order valence-corrected chi connectivity index (χ2v) is 6.34. The zero-order valence-corrected chi connectivity index (χ0v) is 12.8. The third-order valence-electron chi connectivity index (χ3n) is 2.96. The highest BCUT2D eigenvalue weighted by Crippen LogP contribution is 2.19. The maximum atomic E-state index is 12.3. The fourth-order valence-corrected chi connectivity index (χ4v) is 3.30. The van der Waals surface area contributed by atoms with Gasteiger partial charge in [0.15, 0.2) is 5.82 Å². The largest absolute Gasteiger partial charge is 0.399 e. The van der Waals surface area contributed by atoms with Crippen LogP contribution in [0, 0.1) is 6.92 Å². The van der Waals surface area contributed by atoms with E-state index in [1.54, 1.807) is 19.1 Å². The van der Waals surface area contributed by atoms with E-state index in [1.807, 2.05) is 6.92 Å². The second kappa shape index (κ2) is 6.23. The van der Waals surface area contributed by atoms with Crippen molar-refractivity contribution in [3.05, 3.63) is 35.5 Å². The van der Waals surface area contributed by atoms with E-state index in [0.717, 1.165) is 5.56 Å². The van der Waals surface area contributed by atoms with Crippen LogP contribution >= 0.6 is 0 Å². The average Bonchev–Trinajstić information content (AvgIpc) is 2.84. The van der Waals surface area contributed by atoms with Crippen LogP contribution in [-0.4, -0.2) is 25.1 Å². The Morgan fingerprint density at radius 1 is 1.38 bits per heavy atom. The standard InChI is InChI=1S/C13H18N4O3S/c1-3-10-4-5-11(14)8-12(10)21(18,19)15-7-6-13-16-9(2)17-20-13/h4-5,8,15H,3,6-7,14H2,1-2H3. The average molecular weight is 310 g/mol. The van der Waals surface area contributed by atoms with Gasteiger partial charge in [0, 0.05) is 18.7 Å². The first-order valence-electron chi connectivity index (χ1n) is 6.59. The van der Waals surface area contributed by atoms with Crippen LogP contribution in [0.1, 0.15) is 24.2 Å². The quantitative estimate of drug-likeness (QED) is 0.771. The Balaban J connectivity index is 2.09. The van der Waals surface area contributed by atoms with Crippen molar-refractivity contribution in [1.29, 1.82) is 0 Å². The lowest BCUT2D eigenvalue weighted by atomic mass is 10.1. The molecule has 114 valence electrons. The van der Waals surface area contributed by atoms with Gasteiger partial charge in [-0.25, -0.2) is 13.1 Å². The summed E-state index contributed by atoms with van der Waals surface area (Å²) in [5.74, 6) is 0.926. The molecule has 1 aromatic heterocycles. The number of rotatable bonds is 6. The van der Waals surface area contributed by atoms with Crippen molar-refractivity contribution >= 4 is 15.7 Å². The maximum absolute atomic E-state index is 12.3. The first-order chi connectivity index (χ1) is 9.92. The van der Waals surface area contributed by atoms with Gasteiger partial charge in [0.05, 0.1) is 4.90 Å². The van der Waals surface area contributed by atoms with E-state index >= 15 is 0 Å². The van der Waals surface area contributed by atoms with Crippen molar-refractivity contribution in [1.82, 2.24) is 14.9 Å². The molecule has 0 fully saturated rings. The predicted molar refractivity (Wildman–Crippen MR) is 78.2 cm³/mol. The molecule has 3 N–H and O–H groups in total. The molecule has 1 heterocycles. The molecule has 21 heavy (non-hydrogen) atoms. The van der Waals surface area contributed by atoms with Crippen LogP contribution in [0.5, 0.6) is 0 Å². The third-order valence-corrected chi connectivity index (χ3v) is 4.51. The Labute approximate surface area is 123 Å². The minimum atomic E-state index is -3.61. The fraction of sp³-hybridized carbons (Fsp3) is 0.385.